The number of benzene rings is 1. The van der Waals surface area contributed by atoms with E-state index in [4.69, 9.17) is 0 Å². The lowest BCUT2D eigenvalue weighted by Crippen LogP contribution is -1.94. The van der Waals surface area contributed by atoms with Crippen LogP contribution in [-0.4, -0.2) is 12.4 Å². The minimum absolute atomic E-state index is 0.329. The molecule has 5 heteroatoms. The monoisotopic (exact) mass is 286 g/mol. The lowest BCUT2D eigenvalue weighted by Gasteiger charge is -2.02. The van der Waals surface area contributed by atoms with Crippen LogP contribution in [0.3, 0.4) is 0 Å². The first-order chi connectivity index (χ1) is 8.79. The largest absolute Gasteiger partial charge is 0.566 e. The van der Waals surface area contributed by atoms with E-state index >= 15 is 0 Å². The smallest absolute Gasteiger partial charge is 0.488 e. The van der Waals surface area contributed by atoms with Crippen LogP contribution in [0.25, 0.3) is 0 Å². The van der Waals surface area contributed by atoms with E-state index in [2.05, 4.69) is 28.8 Å². The van der Waals surface area contributed by atoms with Crippen LogP contribution >= 0.6 is 20.0 Å². The van der Waals surface area contributed by atoms with E-state index in [1.165, 1.54) is 12.0 Å². The average Bonchev–Trinajstić information content (AvgIpc) is 2.37. The Labute approximate surface area is 114 Å². The van der Waals surface area contributed by atoms with Gasteiger partial charge in [0.1, 0.15) is 6.61 Å². The van der Waals surface area contributed by atoms with Crippen molar-refractivity contribution >= 4 is 20.0 Å². The molecule has 0 aliphatic heterocycles. The predicted molar refractivity (Wildman–Crippen MR) is 74.6 cm³/mol. The summed E-state index contributed by atoms with van der Waals surface area (Å²) in [7, 11) is -2.66. The Morgan fingerprint density at radius 1 is 1.11 bits per heavy atom. The summed E-state index contributed by atoms with van der Waals surface area (Å²) >= 11 is 1.95. The number of rotatable bonds is 10. The molecule has 0 aliphatic carbocycles. The summed E-state index contributed by atoms with van der Waals surface area (Å²) in [6, 6.07) is 10.5. The third-order valence-corrected chi connectivity index (χ3v) is 4.00. The first-order valence-corrected chi connectivity index (χ1v) is 8.43. The van der Waals surface area contributed by atoms with Gasteiger partial charge < -0.3 is 4.89 Å². The molecule has 1 rings (SSSR count). The summed E-state index contributed by atoms with van der Waals surface area (Å²) in [5, 5.41) is 0. The van der Waals surface area contributed by atoms with Crippen molar-refractivity contribution in [2.75, 3.05) is 12.4 Å². The van der Waals surface area contributed by atoms with Crippen molar-refractivity contribution in [3.05, 3.63) is 35.9 Å². The van der Waals surface area contributed by atoms with E-state index in [1.807, 2.05) is 17.8 Å². The molecule has 1 aromatic rings. The number of thioether (sulfide) groups is 1. The highest BCUT2D eigenvalue weighted by Crippen LogP contribution is 2.15. The molecule has 1 unspecified atom stereocenters. The van der Waals surface area contributed by atoms with Crippen molar-refractivity contribution in [2.45, 2.75) is 31.4 Å². The molecule has 0 aliphatic rings. The van der Waals surface area contributed by atoms with Gasteiger partial charge in [-0.05, 0) is 28.7 Å². The quantitative estimate of drug-likeness (QED) is 0.488. The fourth-order valence-electron chi connectivity index (χ4n) is 1.56. The molecule has 18 heavy (non-hydrogen) atoms. The van der Waals surface area contributed by atoms with Gasteiger partial charge in [0.2, 0.25) is 0 Å². The molecular weight excluding hydrogens is 267 g/mol. The van der Waals surface area contributed by atoms with E-state index in [-0.39, 0.29) is 0 Å². The molecule has 0 aromatic heterocycles. The van der Waals surface area contributed by atoms with Crippen LogP contribution in [0.2, 0.25) is 0 Å². The molecule has 0 saturated carbocycles. The Bertz CT molecular complexity index is 332. The Morgan fingerprint density at radius 3 is 2.56 bits per heavy atom. The Balaban J connectivity index is 1.86. The molecule has 0 heterocycles. The van der Waals surface area contributed by atoms with E-state index in [1.54, 1.807) is 0 Å². The second kappa shape index (κ2) is 10.5. The molecule has 100 valence electrons. The lowest BCUT2D eigenvalue weighted by molar-refractivity contribution is -0.185. The van der Waals surface area contributed by atoms with Gasteiger partial charge in [-0.3, -0.25) is 0 Å². The standard InChI is InChI=1S/C13H19O3PS/c14-17(15)16-10-6-1-2-7-11-18-12-13-8-4-3-5-9-13/h3-5,8-9H,1-2,6-7,10-12H2. The van der Waals surface area contributed by atoms with Crippen LogP contribution in [0.1, 0.15) is 31.2 Å². The number of hydrogen-bond donors (Lipinski definition) is 0. The molecule has 0 amide bonds. The van der Waals surface area contributed by atoms with Crippen LogP contribution in [0.15, 0.2) is 30.3 Å². The lowest BCUT2D eigenvalue weighted by atomic mass is 10.2. The van der Waals surface area contributed by atoms with Gasteiger partial charge in [-0.15, -0.1) is 4.52 Å². The zero-order valence-corrected chi connectivity index (χ0v) is 12.1. The van der Waals surface area contributed by atoms with Gasteiger partial charge in [-0.25, -0.2) is 0 Å². The van der Waals surface area contributed by atoms with Gasteiger partial charge in [0.05, 0.1) is 0 Å². The highest BCUT2D eigenvalue weighted by molar-refractivity contribution is 7.98. The summed E-state index contributed by atoms with van der Waals surface area (Å²) < 4.78 is 14.6. The summed E-state index contributed by atoms with van der Waals surface area (Å²) in [6.07, 6.45) is 4.18. The molecule has 0 saturated heterocycles. The Hall–Kier alpha value is -0.410. The minimum Gasteiger partial charge on any atom is -0.566 e. The highest BCUT2D eigenvalue weighted by atomic mass is 32.2. The van der Waals surface area contributed by atoms with E-state index in [0.29, 0.717) is 6.61 Å². The van der Waals surface area contributed by atoms with Crippen molar-refractivity contribution in [3.63, 3.8) is 0 Å². The first-order valence-electron chi connectivity index (χ1n) is 6.18. The summed E-state index contributed by atoms with van der Waals surface area (Å²) in [5.41, 5.74) is 1.37. The zero-order chi connectivity index (χ0) is 13.1. The fraction of sp³-hybridized carbons (Fsp3) is 0.538. The van der Waals surface area contributed by atoms with Crippen LogP contribution in [0.4, 0.5) is 0 Å². The molecule has 0 N–H and O–H groups in total. The molecular formula is C13H19O3PS. The molecule has 1 atom stereocenters. The van der Waals surface area contributed by atoms with Gasteiger partial charge in [0.15, 0.2) is 0 Å². The van der Waals surface area contributed by atoms with Crippen LogP contribution in [-0.2, 0) is 14.8 Å². The average molecular weight is 286 g/mol. The normalized spacial score (nSPS) is 11.5. The van der Waals surface area contributed by atoms with E-state index < -0.39 is 8.25 Å². The maximum absolute atomic E-state index is 10.1. The van der Waals surface area contributed by atoms with Crippen molar-refractivity contribution < 1.29 is 14.0 Å². The summed E-state index contributed by atoms with van der Waals surface area (Å²) in [4.78, 5) is 10.1. The Kier molecular flexibility index (Phi) is 9.13. The number of unbranched alkanes of at least 4 members (excludes halogenated alkanes) is 3. The molecule has 0 radical (unpaired) electrons. The second-order valence-electron chi connectivity index (χ2n) is 4.01. The van der Waals surface area contributed by atoms with Crippen molar-refractivity contribution in [1.29, 1.82) is 0 Å². The maximum Gasteiger partial charge on any atom is 0.488 e. The van der Waals surface area contributed by atoms with Crippen LogP contribution < -0.4 is 4.89 Å². The first kappa shape index (κ1) is 15.6. The topological polar surface area (TPSA) is 49.4 Å². The van der Waals surface area contributed by atoms with Gasteiger partial charge in [0, 0.05) is 5.75 Å². The third-order valence-electron chi connectivity index (χ3n) is 2.49. The molecule has 1 aromatic carbocycles. The Morgan fingerprint density at radius 2 is 1.83 bits per heavy atom. The van der Waals surface area contributed by atoms with Gasteiger partial charge in [0.25, 0.3) is 0 Å². The van der Waals surface area contributed by atoms with Crippen molar-refractivity contribution in [3.8, 4) is 0 Å². The van der Waals surface area contributed by atoms with E-state index in [0.717, 1.165) is 30.8 Å². The number of hydrogen-bond acceptors (Lipinski definition) is 4. The minimum atomic E-state index is -2.66. The van der Waals surface area contributed by atoms with E-state index in [9.17, 15) is 9.46 Å². The summed E-state index contributed by atoms with van der Waals surface area (Å²) in [5.74, 6) is 2.23. The highest BCUT2D eigenvalue weighted by Gasteiger charge is 1.99. The summed E-state index contributed by atoms with van der Waals surface area (Å²) in [6.45, 7) is 0.329. The SMILES string of the molecule is O=[P+]([O-])OCCCCCCSCc1ccccc1. The zero-order valence-electron chi connectivity index (χ0n) is 10.4. The van der Waals surface area contributed by atoms with Crippen LogP contribution in [0.5, 0.6) is 0 Å². The van der Waals surface area contributed by atoms with Crippen molar-refractivity contribution in [1.82, 2.24) is 0 Å². The predicted octanol–water partition coefficient (Wildman–Crippen LogP) is 3.51. The second-order valence-corrected chi connectivity index (χ2v) is 5.82. The maximum atomic E-state index is 10.1. The molecule has 0 spiro atoms. The molecule has 0 fully saturated rings. The molecule has 0 bridgehead atoms. The van der Waals surface area contributed by atoms with Gasteiger partial charge in [-0.1, -0.05) is 43.2 Å². The third kappa shape index (κ3) is 8.65. The van der Waals surface area contributed by atoms with Gasteiger partial charge >= 0.3 is 8.25 Å². The van der Waals surface area contributed by atoms with Crippen molar-refractivity contribution in [2.24, 2.45) is 0 Å². The fourth-order valence-corrected chi connectivity index (χ4v) is 2.82. The van der Waals surface area contributed by atoms with Gasteiger partial charge in [-0.2, -0.15) is 11.8 Å². The molecule has 3 nitrogen and oxygen atoms in total. The van der Waals surface area contributed by atoms with Crippen LogP contribution in [0, 0.1) is 0 Å².